The van der Waals surface area contributed by atoms with Crippen LogP contribution in [0.2, 0.25) is 0 Å². The maximum absolute atomic E-state index is 13.3. The number of benzene rings is 2. The van der Waals surface area contributed by atoms with Crippen molar-refractivity contribution in [3.8, 4) is 11.1 Å². The largest absolute Gasteiger partial charge is 0.480 e. The Morgan fingerprint density at radius 2 is 1.29 bits per heavy atom. The van der Waals surface area contributed by atoms with E-state index in [2.05, 4.69) is 34.9 Å². The van der Waals surface area contributed by atoms with Gasteiger partial charge in [0.05, 0.1) is 0 Å². The van der Waals surface area contributed by atoms with Gasteiger partial charge < -0.3 is 20.5 Å². The number of fused-ring (bicyclic) bond motifs is 3. The molecule has 3 aliphatic carbocycles. The van der Waals surface area contributed by atoms with Crippen LogP contribution in [0.4, 0.5) is 4.79 Å². The Labute approximate surface area is 198 Å². The van der Waals surface area contributed by atoms with E-state index in [1.807, 2.05) is 24.3 Å². The summed E-state index contributed by atoms with van der Waals surface area (Å²) in [4.78, 5) is 38.1. The Balaban J connectivity index is 1.29. The van der Waals surface area contributed by atoms with Gasteiger partial charge in [-0.3, -0.25) is 4.79 Å². The van der Waals surface area contributed by atoms with Crippen LogP contribution >= 0.6 is 0 Å². The average Bonchev–Trinajstić information content (AvgIpc) is 3.57. The molecule has 3 aliphatic rings. The lowest BCUT2D eigenvalue weighted by Crippen LogP contribution is -2.63. The molecule has 0 radical (unpaired) electrons. The Morgan fingerprint density at radius 3 is 1.82 bits per heavy atom. The zero-order valence-corrected chi connectivity index (χ0v) is 19.1. The van der Waals surface area contributed by atoms with Gasteiger partial charge in [0.2, 0.25) is 5.91 Å². The van der Waals surface area contributed by atoms with Gasteiger partial charge >= 0.3 is 12.1 Å². The minimum absolute atomic E-state index is 0.0692. The smallest absolute Gasteiger partial charge is 0.408 e. The molecule has 2 amide bonds. The van der Waals surface area contributed by atoms with Crippen molar-refractivity contribution in [3.05, 3.63) is 59.7 Å². The van der Waals surface area contributed by atoms with Crippen molar-refractivity contribution in [2.75, 3.05) is 6.61 Å². The van der Waals surface area contributed by atoms with Crippen molar-refractivity contribution in [3.63, 3.8) is 0 Å². The average molecular weight is 463 g/mol. The van der Waals surface area contributed by atoms with E-state index in [1.54, 1.807) is 0 Å². The lowest BCUT2D eigenvalue weighted by atomic mass is 9.91. The van der Waals surface area contributed by atoms with Gasteiger partial charge in [0.15, 0.2) is 0 Å². The fraction of sp³-hybridized carbons (Fsp3) is 0.444. The molecule has 2 saturated carbocycles. The second-order valence-electron chi connectivity index (χ2n) is 9.79. The zero-order chi connectivity index (χ0) is 23.8. The minimum atomic E-state index is -1.24. The van der Waals surface area contributed by atoms with Gasteiger partial charge in [-0.1, -0.05) is 74.2 Å². The number of alkyl carbamates (subject to hydrolysis) is 1. The first-order chi connectivity index (χ1) is 16.4. The summed E-state index contributed by atoms with van der Waals surface area (Å²) in [6.45, 7) is 0.163. The highest BCUT2D eigenvalue weighted by atomic mass is 16.5. The molecule has 0 heterocycles. The van der Waals surface area contributed by atoms with Crippen molar-refractivity contribution < 1.29 is 24.2 Å². The molecule has 2 fully saturated rings. The molecule has 0 spiro atoms. The lowest BCUT2D eigenvalue weighted by Gasteiger charge is -2.34. The number of carboxylic acids is 1. The molecule has 0 aromatic heterocycles. The van der Waals surface area contributed by atoms with Crippen LogP contribution < -0.4 is 10.6 Å². The molecule has 0 aliphatic heterocycles. The number of aliphatic carboxylic acids is 1. The van der Waals surface area contributed by atoms with Gasteiger partial charge in [-0.25, -0.2) is 9.59 Å². The normalized spacial score (nSPS) is 19.8. The summed E-state index contributed by atoms with van der Waals surface area (Å²) >= 11 is 0. The molecule has 5 rings (SSSR count). The fourth-order valence-corrected chi connectivity index (χ4v) is 5.93. The van der Waals surface area contributed by atoms with Crippen LogP contribution in [0, 0.1) is 0 Å². The fourth-order valence-electron chi connectivity index (χ4n) is 5.93. The summed E-state index contributed by atoms with van der Waals surface area (Å²) in [6, 6.07) is 16.2. The van der Waals surface area contributed by atoms with Crippen molar-refractivity contribution >= 4 is 18.0 Å². The van der Waals surface area contributed by atoms with Gasteiger partial charge in [0, 0.05) is 5.92 Å². The van der Waals surface area contributed by atoms with E-state index < -0.39 is 29.0 Å². The van der Waals surface area contributed by atoms with Crippen molar-refractivity contribution in [1.29, 1.82) is 0 Å². The maximum atomic E-state index is 13.3. The molecule has 2 aromatic rings. The zero-order valence-electron chi connectivity index (χ0n) is 19.1. The van der Waals surface area contributed by atoms with Crippen LogP contribution in [-0.2, 0) is 14.3 Å². The number of hydrogen-bond donors (Lipinski definition) is 3. The Kier molecular flexibility index (Phi) is 5.80. The highest BCUT2D eigenvalue weighted by Crippen LogP contribution is 2.44. The number of rotatable bonds is 6. The molecular formula is C27H30N2O5. The molecule has 0 saturated heterocycles. The van der Waals surface area contributed by atoms with Gasteiger partial charge in [0.25, 0.3) is 0 Å². The number of carbonyl (C=O) groups excluding carboxylic acids is 2. The third-order valence-electron chi connectivity index (χ3n) is 7.80. The van der Waals surface area contributed by atoms with E-state index in [4.69, 9.17) is 4.74 Å². The predicted octanol–water partition coefficient (Wildman–Crippen LogP) is 4.35. The second kappa shape index (κ2) is 8.78. The summed E-state index contributed by atoms with van der Waals surface area (Å²) in [5.74, 6) is -1.49. The first-order valence-electron chi connectivity index (χ1n) is 12.1. The predicted molar refractivity (Wildman–Crippen MR) is 126 cm³/mol. The van der Waals surface area contributed by atoms with Gasteiger partial charge in [-0.15, -0.1) is 0 Å². The molecule has 7 nitrogen and oxygen atoms in total. The summed E-state index contributed by atoms with van der Waals surface area (Å²) in [5.41, 5.74) is 2.16. The molecule has 2 aromatic carbocycles. The van der Waals surface area contributed by atoms with Crippen molar-refractivity contribution in [2.24, 2.45) is 0 Å². The minimum Gasteiger partial charge on any atom is -0.480 e. The summed E-state index contributed by atoms with van der Waals surface area (Å²) in [5, 5.41) is 15.4. The van der Waals surface area contributed by atoms with Crippen LogP contribution in [0.25, 0.3) is 11.1 Å². The number of nitrogens with one attached hydrogen (secondary N) is 2. The summed E-state index contributed by atoms with van der Waals surface area (Å²) in [7, 11) is 0. The lowest BCUT2D eigenvalue weighted by molar-refractivity contribution is -0.148. The third kappa shape index (κ3) is 3.83. The molecule has 34 heavy (non-hydrogen) atoms. The Hall–Kier alpha value is -3.35. The molecule has 0 atom stereocenters. The Morgan fingerprint density at radius 1 is 0.794 bits per heavy atom. The van der Waals surface area contributed by atoms with E-state index >= 15 is 0 Å². The standard InChI is InChI=1S/C27H30N2O5/c30-23(28-27(24(31)32)15-7-8-16-27)26(13-5-6-14-26)29-25(33)34-17-22-20-11-3-1-9-18(20)19-10-2-4-12-21(19)22/h1-4,9-12,22H,5-8,13-17H2,(H,28,30)(H,29,33)(H,31,32). The molecule has 178 valence electrons. The summed E-state index contributed by atoms with van der Waals surface area (Å²) in [6.07, 6.45) is 4.23. The molecule has 0 unspecified atom stereocenters. The highest BCUT2D eigenvalue weighted by molar-refractivity contribution is 5.94. The molecular weight excluding hydrogens is 432 g/mol. The topological polar surface area (TPSA) is 105 Å². The third-order valence-corrected chi connectivity index (χ3v) is 7.80. The number of ether oxygens (including phenoxy) is 1. The second-order valence-corrected chi connectivity index (χ2v) is 9.79. The quantitative estimate of drug-likeness (QED) is 0.592. The highest BCUT2D eigenvalue weighted by Gasteiger charge is 2.49. The van der Waals surface area contributed by atoms with Crippen LogP contribution in [0.3, 0.4) is 0 Å². The van der Waals surface area contributed by atoms with E-state index in [0.717, 1.165) is 47.9 Å². The van der Waals surface area contributed by atoms with Crippen LogP contribution in [0.5, 0.6) is 0 Å². The van der Waals surface area contributed by atoms with Crippen LogP contribution in [-0.4, -0.2) is 40.8 Å². The number of hydrogen-bond acceptors (Lipinski definition) is 4. The van der Waals surface area contributed by atoms with Crippen molar-refractivity contribution in [1.82, 2.24) is 10.6 Å². The number of carbonyl (C=O) groups is 3. The molecule has 3 N–H and O–H groups in total. The summed E-state index contributed by atoms with van der Waals surface area (Å²) < 4.78 is 5.67. The first-order valence-corrected chi connectivity index (χ1v) is 12.1. The molecule has 0 bridgehead atoms. The van der Waals surface area contributed by atoms with Gasteiger partial charge in [-0.05, 0) is 47.9 Å². The maximum Gasteiger partial charge on any atom is 0.408 e. The Bertz CT molecular complexity index is 1070. The van der Waals surface area contributed by atoms with E-state index in [0.29, 0.717) is 25.7 Å². The molecule has 7 heteroatoms. The SMILES string of the molecule is O=C(NC1(C(=O)NC2(C(=O)O)CCCC2)CCCC1)OCC1c2ccccc2-c2ccccc21. The van der Waals surface area contributed by atoms with Gasteiger partial charge in [0.1, 0.15) is 17.7 Å². The van der Waals surface area contributed by atoms with E-state index in [-0.39, 0.29) is 12.5 Å². The number of carboxylic acid groups (broad SMARTS) is 1. The van der Waals surface area contributed by atoms with Crippen LogP contribution in [0.1, 0.15) is 68.4 Å². The van der Waals surface area contributed by atoms with Crippen molar-refractivity contribution in [2.45, 2.75) is 68.4 Å². The number of amides is 2. The first kappa shape index (κ1) is 22.4. The van der Waals surface area contributed by atoms with Gasteiger partial charge in [-0.2, -0.15) is 0 Å². The van der Waals surface area contributed by atoms with E-state index in [1.165, 1.54) is 0 Å². The van der Waals surface area contributed by atoms with Crippen LogP contribution in [0.15, 0.2) is 48.5 Å². The monoisotopic (exact) mass is 462 g/mol. The van der Waals surface area contributed by atoms with E-state index in [9.17, 15) is 19.5 Å².